The van der Waals surface area contributed by atoms with Gasteiger partial charge in [0.15, 0.2) is 0 Å². The minimum absolute atomic E-state index is 0.208. The number of aromatic nitrogens is 2. The molecule has 1 aromatic carbocycles. The normalized spacial score (nSPS) is 18.6. The number of aryl methyl sites for hydroxylation is 2. The van der Waals surface area contributed by atoms with Gasteiger partial charge in [0.05, 0.1) is 11.0 Å². The fourth-order valence-corrected chi connectivity index (χ4v) is 3.31. The fraction of sp³-hybridized carbons (Fsp3) is 0.533. The summed E-state index contributed by atoms with van der Waals surface area (Å²) < 4.78 is 2.14. The lowest BCUT2D eigenvalue weighted by Gasteiger charge is -2.27. The number of imidazole rings is 1. The van der Waals surface area contributed by atoms with Crippen LogP contribution in [-0.2, 0) is 12.5 Å². The Balaban J connectivity index is 2.13. The summed E-state index contributed by atoms with van der Waals surface area (Å²) in [5.74, 6) is 1.07. The third kappa shape index (κ3) is 1.57. The van der Waals surface area contributed by atoms with Gasteiger partial charge in [0.25, 0.3) is 0 Å². The standard InChI is InChI=1S/C15H21N3/c1-11-17-13-9-12(5-6-14(13)18(11)2)15(10-16)7-3-4-8-15/h5-6,9H,3-4,7-8,10,16H2,1-2H3. The van der Waals surface area contributed by atoms with Crippen molar-refractivity contribution in [2.75, 3.05) is 6.54 Å². The Bertz CT molecular complexity index is 577. The number of fused-ring (bicyclic) bond motifs is 1. The van der Waals surface area contributed by atoms with E-state index in [1.165, 1.54) is 36.8 Å². The van der Waals surface area contributed by atoms with Gasteiger partial charge in [0, 0.05) is 19.0 Å². The second-order valence-electron chi connectivity index (χ2n) is 5.61. The molecule has 0 amide bonds. The molecule has 1 heterocycles. The molecule has 0 saturated heterocycles. The average Bonchev–Trinajstić information content (AvgIpc) is 2.96. The quantitative estimate of drug-likeness (QED) is 0.881. The number of benzene rings is 1. The first-order chi connectivity index (χ1) is 8.66. The van der Waals surface area contributed by atoms with E-state index in [9.17, 15) is 0 Å². The van der Waals surface area contributed by atoms with E-state index in [4.69, 9.17) is 5.73 Å². The minimum atomic E-state index is 0.208. The lowest BCUT2D eigenvalue weighted by Crippen LogP contribution is -2.31. The van der Waals surface area contributed by atoms with Crippen molar-refractivity contribution in [2.45, 2.75) is 38.0 Å². The van der Waals surface area contributed by atoms with Gasteiger partial charge in [0.2, 0.25) is 0 Å². The minimum Gasteiger partial charge on any atom is -0.331 e. The Hall–Kier alpha value is -1.35. The van der Waals surface area contributed by atoms with E-state index < -0.39 is 0 Å². The SMILES string of the molecule is Cc1nc2cc(C3(CN)CCCC3)ccc2n1C. The van der Waals surface area contributed by atoms with Crippen LogP contribution in [0.3, 0.4) is 0 Å². The third-order valence-electron chi connectivity index (χ3n) is 4.67. The van der Waals surface area contributed by atoms with E-state index >= 15 is 0 Å². The molecule has 2 N–H and O–H groups in total. The van der Waals surface area contributed by atoms with Gasteiger partial charge in [-0.25, -0.2) is 4.98 Å². The van der Waals surface area contributed by atoms with Crippen molar-refractivity contribution in [1.82, 2.24) is 9.55 Å². The Morgan fingerprint density at radius 1 is 1.33 bits per heavy atom. The predicted molar refractivity (Wildman–Crippen MR) is 74.7 cm³/mol. The van der Waals surface area contributed by atoms with Crippen LogP contribution < -0.4 is 5.73 Å². The van der Waals surface area contributed by atoms with Crippen LogP contribution in [0.15, 0.2) is 18.2 Å². The highest BCUT2D eigenvalue weighted by atomic mass is 15.0. The van der Waals surface area contributed by atoms with Crippen LogP contribution in [0, 0.1) is 6.92 Å². The fourth-order valence-electron chi connectivity index (χ4n) is 3.31. The van der Waals surface area contributed by atoms with Crippen LogP contribution >= 0.6 is 0 Å². The maximum Gasteiger partial charge on any atom is 0.106 e. The van der Waals surface area contributed by atoms with E-state index in [2.05, 4.69) is 34.8 Å². The zero-order valence-electron chi connectivity index (χ0n) is 11.2. The number of nitrogens with zero attached hydrogens (tertiary/aromatic N) is 2. The second-order valence-corrected chi connectivity index (χ2v) is 5.61. The first-order valence-electron chi connectivity index (χ1n) is 6.80. The molecule has 0 aliphatic heterocycles. The zero-order chi connectivity index (χ0) is 12.8. The Morgan fingerprint density at radius 3 is 2.72 bits per heavy atom. The first kappa shape index (κ1) is 11.7. The molecule has 0 unspecified atom stereocenters. The van der Waals surface area contributed by atoms with E-state index in [-0.39, 0.29) is 5.41 Å². The van der Waals surface area contributed by atoms with Crippen molar-refractivity contribution >= 4 is 11.0 Å². The molecule has 18 heavy (non-hydrogen) atoms. The van der Waals surface area contributed by atoms with Crippen LogP contribution in [0.25, 0.3) is 11.0 Å². The summed E-state index contributed by atoms with van der Waals surface area (Å²) in [6.07, 6.45) is 5.05. The maximum atomic E-state index is 6.05. The van der Waals surface area contributed by atoms with E-state index in [1.54, 1.807) is 0 Å². The lowest BCUT2D eigenvalue weighted by atomic mass is 9.79. The monoisotopic (exact) mass is 243 g/mol. The predicted octanol–water partition coefficient (Wildman–Crippen LogP) is 2.65. The molecular formula is C15H21N3. The largest absolute Gasteiger partial charge is 0.331 e. The summed E-state index contributed by atoms with van der Waals surface area (Å²) in [4.78, 5) is 4.63. The van der Waals surface area contributed by atoms with Gasteiger partial charge in [0.1, 0.15) is 5.82 Å². The molecule has 3 heteroatoms. The Morgan fingerprint density at radius 2 is 2.06 bits per heavy atom. The number of hydrogen-bond donors (Lipinski definition) is 1. The molecule has 96 valence electrons. The van der Waals surface area contributed by atoms with Crippen molar-refractivity contribution < 1.29 is 0 Å². The summed E-state index contributed by atoms with van der Waals surface area (Å²) in [5.41, 5.74) is 9.96. The molecule has 3 nitrogen and oxygen atoms in total. The van der Waals surface area contributed by atoms with Crippen LogP contribution in [0.5, 0.6) is 0 Å². The highest BCUT2D eigenvalue weighted by Gasteiger charge is 2.34. The van der Waals surface area contributed by atoms with E-state index in [0.717, 1.165) is 17.9 Å². The van der Waals surface area contributed by atoms with Crippen LogP contribution in [0.2, 0.25) is 0 Å². The van der Waals surface area contributed by atoms with E-state index in [0.29, 0.717) is 0 Å². The molecule has 0 bridgehead atoms. The lowest BCUT2D eigenvalue weighted by molar-refractivity contribution is 0.453. The molecule has 2 aromatic rings. The van der Waals surface area contributed by atoms with Crippen LogP contribution in [0.1, 0.15) is 37.1 Å². The topological polar surface area (TPSA) is 43.8 Å². The molecule has 1 aliphatic rings. The van der Waals surface area contributed by atoms with Crippen molar-refractivity contribution in [3.63, 3.8) is 0 Å². The van der Waals surface area contributed by atoms with Crippen LogP contribution in [0.4, 0.5) is 0 Å². The summed E-state index contributed by atoms with van der Waals surface area (Å²) in [5, 5.41) is 0. The molecule has 1 saturated carbocycles. The third-order valence-corrected chi connectivity index (χ3v) is 4.67. The Kier molecular flexibility index (Phi) is 2.67. The van der Waals surface area contributed by atoms with Gasteiger partial charge in [-0.1, -0.05) is 18.9 Å². The maximum absolute atomic E-state index is 6.05. The molecule has 1 aromatic heterocycles. The Labute approximate surface area is 108 Å². The van der Waals surface area contributed by atoms with E-state index in [1.807, 2.05) is 6.92 Å². The van der Waals surface area contributed by atoms with Gasteiger partial charge in [-0.3, -0.25) is 0 Å². The summed E-state index contributed by atoms with van der Waals surface area (Å²) in [6, 6.07) is 6.70. The van der Waals surface area contributed by atoms with Gasteiger partial charge in [-0.2, -0.15) is 0 Å². The molecule has 0 radical (unpaired) electrons. The van der Waals surface area contributed by atoms with Crippen molar-refractivity contribution in [3.8, 4) is 0 Å². The summed E-state index contributed by atoms with van der Waals surface area (Å²) in [7, 11) is 2.07. The molecule has 3 rings (SSSR count). The zero-order valence-corrected chi connectivity index (χ0v) is 11.2. The second kappa shape index (κ2) is 4.09. The number of rotatable bonds is 2. The highest BCUT2D eigenvalue weighted by molar-refractivity contribution is 5.77. The average molecular weight is 243 g/mol. The molecule has 0 spiro atoms. The summed E-state index contributed by atoms with van der Waals surface area (Å²) >= 11 is 0. The van der Waals surface area contributed by atoms with Crippen molar-refractivity contribution in [1.29, 1.82) is 0 Å². The smallest absolute Gasteiger partial charge is 0.106 e. The van der Waals surface area contributed by atoms with Gasteiger partial charge in [-0.15, -0.1) is 0 Å². The van der Waals surface area contributed by atoms with Crippen molar-refractivity contribution in [3.05, 3.63) is 29.6 Å². The summed E-state index contributed by atoms with van der Waals surface area (Å²) in [6.45, 7) is 2.80. The highest BCUT2D eigenvalue weighted by Crippen LogP contribution is 2.40. The number of nitrogens with two attached hydrogens (primary N) is 1. The number of hydrogen-bond acceptors (Lipinski definition) is 2. The molecular weight excluding hydrogens is 222 g/mol. The van der Waals surface area contributed by atoms with Gasteiger partial charge < -0.3 is 10.3 Å². The van der Waals surface area contributed by atoms with Gasteiger partial charge >= 0.3 is 0 Å². The van der Waals surface area contributed by atoms with Gasteiger partial charge in [-0.05, 0) is 37.5 Å². The molecule has 1 aliphatic carbocycles. The molecule has 1 fully saturated rings. The van der Waals surface area contributed by atoms with Crippen LogP contribution in [-0.4, -0.2) is 16.1 Å². The molecule has 0 atom stereocenters. The first-order valence-corrected chi connectivity index (χ1v) is 6.80. The van der Waals surface area contributed by atoms with Crippen molar-refractivity contribution in [2.24, 2.45) is 12.8 Å².